The van der Waals surface area contributed by atoms with E-state index >= 15 is 0 Å². The molecule has 7 nitrogen and oxygen atoms in total. The van der Waals surface area contributed by atoms with Gasteiger partial charge in [0.25, 0.3) is 5.91 Å². The van der Waals surface area contributed by atoms with E-state index in [0.29, 0.717) is 45.4 Å². The molecule has 9 heteroatoms. The topological polar surface area (TPSA) is 90.4 Å². The molecule has 0 spiro atoms. The third kappa shape index (κ3) is 4.82. The van der Waals surface area contributed by atoms with Crippen LogP contribution in [0.1, 0.15) is 11.5 Å². The number of halogens is 2. The number of ether oxygens (including phenoxy) is 1. The normalized spacial score (nSPS) is 10.7. The summed E-state index contributed by atoms with van der Waals surface area (Å²) in [5, 5.41) is 7.56. The number of hydrogen-bond donors (Lipinski definition) is 1. The fraction of sp³-hybridized carbons (Fsp3) is 0.0952. The molecule has 0 saturated heterocycles. The van der Waals surface area contributed by atoms with Crippen LogP contribution in [0.25, 0.3) is 11.6 Å². The van der Waals surface area contributed by atoms with Crippen molar-refractivity contribution in [1.82, 2.24) is 10.1 Å². The number of amides is 1. The van der Waals surface area contributed by atoms with E-state index in [1.165, 1.54) is 6.26 Å². The maximum absolute atomic E-state index is 12.4. The molecule has 0 atom stereocenters. The van der Waals surface area contributed by atoms with Gasteiger partial charge in [0, 0.05) is 10.7 Å². The lowest BCUT2D eigenvalue weighted by atomic mass is 10.1. The minimum Gasteiger partial charge on any atom is -0.482 e. The molecule has 2 aromatic heterocycles. The van der Waals surface area contributed by atoms with Crippen molar-refractivity contribution in [1.29, 1.82) is 0 Å². The zero-order valence-corrected chi connectivity index (χ0v) is 17.0. The van der Waals surface area contributed by atoms with Crippen LogP contribution >= 0.6 is 23.2 Å². The molecule has 0 aliphatic rings. The number of nitrogens with one attached hydrogen (secondary N) is 1. The largest absolute Gasteiger partial charge is 0.482 e. The highest BCUT2D eigenvalue weighted by Crippen LogP contribution is 2.27. The van der Waals surface area contributed by atoms with E-state index in [9.17, 15) is 4.79 Å². The first kappa shape index (κ1) is 20.0. The highest BCUT2D eigenvalue weighted by molar-refractivity contribution is 6.35. The SMILES string of the molecule is O=C(COc1ccc(Cl)cc1Cl)Nc1ccccc1Cc1nc(-c2ccco2)no1. The molecule has 0 aliphatic carbocycles. The fourth-order valence-corrected chi connectivity index (χ4v) is 3.18. The molecule has 2 heterocycles. The lowest BCUT2D eigenvalue weighted by Gasteiger charge is -2.11. The van der Waals surface area contributed by atoms with E-state index in [-0.39, 0.29) is 12.5 Å². The summed E-state index contributed by atoms with van der Waals surface area (Å²) in [4.78, 5) is 16.7. The van der Waals surface area contributed by atoms with Crippen molar-refractivity contribution in [2.45, 2.75) is 6.42 Å². The Kier molecular flexibility index (Phi) is 6.02. The van der Waals surface area contributed by atoms with E-state index < -0.39 is 0 Å². The van der Waals surface area contributed by atoms with Gasteiger partial charge in [0.1, 0.15) is 5.75 Å². The van der Waals surface area contributed by atoms with E-state index in [1.54, 1.807) is 36.4 Å². The molecule has 0 unspecified atom stereocenters. The van der Waals surface area contributed by atoms with Gasteiger partial charge in [0.05, 0.1) is 17.7 Å². The summed E-state index contributed by atoms with van der Waals surface area (Å²) in [5.41, 5.74) is 1.43. The summed E-state index contributed by atoms with van der Waals surface area (Å²) in [5.74, 6) is 1.32. The van der Waals surface area contributed by atoms with Crippen LogP contribution in [-0.2, 0) is 11.2 Å². The Balaban J connectivity index is 1.41. The lowest BCUT2D eigenvalue weighted by molar-refractivity contribution is -0.118. The molecule has 1 N–H and O–H groups in total. The molecule has 2 aromatic carbocycles. The second-order valence-corrected chi connectivity index (χ2v) is 7.08. The van der Waals surface area contributed by atoms with Crippen molar-refractivity contribution in [3.8, 4) is 17.3 Å². The van der Waals surface area contributed by atoms with Gasteiger partial charge in [-0.3, -0.25) is 4.79 Å². The van der Waals surface area contributed by atoms with Gasteiger partial charge in [-0.2, -0.15) is 4.98 Å². The maximum Gasteiger partial charge on any atom is 0.262 e. The molecule has 0 fully saturated rings. The Morgan fingerprint density at radius 1 is 1.10 bits per heavy atom. The number of benzene rings is 2. The van der Waals surface area contributed by atoms with Crippen LogP contribution in [-0.4, -0.2) is 22.7 Å². The zero-order valence-electron chi connectivity index (χ0n) is 15.5. The smallest absolute Gasteiger partial charge is 0.262 e. The van der Waals surface area contributed by atoms with Gasteiger partial charge in [-0.05, 0) is 42.0 Å². The van der Waals surface area contributed by atoms with Crippen LogP contribution in [0.15, 0.2) is 69.8 Å². The third-order valence-electron chi connectivity index (χ3n) is 4.10. The van der Waals surface area contributed by atoms with Crippen molar-refractivity contribution in [2.24, 2.45) is 0 Å². The summed E-state index contributed by atoms with van der Waals surface area (Å²) in [6, 6.07) is 15.6. The lowest BCUT2D eigenvalue weighted by Crippen LogP contribution is -2.21. The molecule has 0 aliphatic heterocycles. The zero-order chi connectivity index (χ0) is 20.9. The van der Waals surface area contributed by atoms with Gasteiger partial charge in [-0.25, -0.2) is 0 Å². The number of nitrogens with zero attached hydrogens (tertiary/aromatic N) is 2. The first-order chi connectivity index (χ1) is 14.6. The van der Waals surface area contributed by atoms with Gasteiger partial charge in [-0.1, -0.05) is 46.6 Å². The average molecular weight is 444 g/mol. The van der Waals surface area contributed by atoms with Crippen LogP contribution in [0.5, 0.6) is 5.75 Å². The summed E-state index contributed by atoms with van der Waals surface area (Å²) < 4.78 is 16.0. The Morgan fingerprint density at radius 3 is 2.77 bits per heavy atom. The maximum atomic E-state index is 12.4. The number of hydrogen-bond acceptors (Lipinski definition) is 6. The first-order valence-electron chi connectivity index (χ1n) is 8.90. The standard InChI is InChI=1S/C21H15Cl2N3O4/c22-14-7-8-17(15(23)11-14)29-12-19(27)24-16-5-2-1-4-13(16)10-20-25-21(26-30-20)18-6-3-9-28-18/h1-9,11H,10,12H2,(H,24,27). The molecular weight excluding hydrogens is 429 g/mol. The van der Waals surface area contributed by atoms with Crippen molar-refractivity contribution in [2.75, 3.05) is 11.9 Å². The van der Waals surface area contributed by atoms with Gasteiger partial charge >= 0.3 is 0 Å². The number of carbonyl (C=O) groups is 1. The van der Waals surface area contributed by atoms with Crippen molar-refractivity contribution in [3.05, 3.63) is 82.4 Å². The Morgan fingerprint density at radius 2 is 1.97 bits per heavy atom. The minimum atomic E-state index is -0.338. The van der Waals surface area contributed by atoms with Crippen LogP contribution in [0.2, 0.25) is 10.0 Å². The van der Waals surface area contributed by atoms with E-state index in [2.05, 4.69) is 15.5 Å². The highest BCUT2D eigenvalue weighted by atomic mass is 35.5. The predicted molar refractivity (Wildman–Crippen MR) is 112 cm³/mol. The average Bonchev–Trinajstić information content (AvgIpc) is 3.41. The monoisotopic (exact) mass is 443 g/mol. The van der Waals surface area contributed by atoms with Gasteiger partial charge < -0.3 is 19.0 Å². The summed E-state index contributed by atoms with van der Waals surface area (Å²) >= 11 is 11.9. The van der Waals surface area contributed by atoms with Crippen LogP contribution < -0.4 is 10.1 Å². The molecule has 0 radical (unpaired) electrons. The van der Waals surface area contributed by atoms with Crippen LogP contribution in [0.4, 0.5) is 5.69 Å². The van der Waals surface area contributed by atoms with Gasteiger partial charge in [-0.15, -0.1) is 0 Å². The van der Waals surface area contributed by atoms with Gasteiger partial charge in [0.2, 0.25) is 11.7 Å². The predicted octanol–water partition coefficient (Wildman–Crippen LogP) is 5.24. The highest BCUT2D eigenvalue weighted by Gasteiger charge is 2.14. The Bertz CT molecular complexity index is 1160. The molecule has 152 valence electrons. The van der Waals surface area contributed by atoms with Gasteiger partial charge in [0.15, 0.2) is 12.4 Å². The fourth-order valence-electron chi connectivity index (χ4n) is 2.71. The van der Waals surface area contributed by atoms with E-state index in [1.807, 2.05) is 18.2 Å². The second-order valence-electron chi connectivity index (χ2n) is 6.23. The summed E-state index contributed by atoms with van der Waals surface area (Å²) in [6.07, 6.45) is 1.88. The minimum absolute atomic E-state index is 0.209. The summed E-state index contributed by atoms with van der Waals surface area (Å²) in [7, 11) is 0. The second kappa shape index (κ2) is 9.02. The van der Waals surface area contributed by atoms with E-state index in [4.69, 9.17) is 36.9 Å². The first-order valence-corrected chi connectivity index (χ1v) is 9.66. The number of carbonyl (C=O) groups excluding carboxylic acids is 1. The Hall–Kier alpha value is -3.29. The number of para-hydroxylation sites is 1. The van der Waals surface area contributed by atoms with Crippen LogP contribution in [0, 0.1) is 0 Å². The van der Waals surface area contributed by atoms with Crippen molar-refractivity contribution in [3.63, 3.8) is 0 Å². The number of aromatic nitrogens is 2. The number of anilines is 1. The number of rotatable bonds is 7. The molecule has 1 amide bonds. The third-order valence-corrected chi connectivity index (χ3v) is 4.63. The summed E-state index contributed by atoms with van der Waals surface area (Å²) in [6.45, 7) is -0.209. The molecule has 0 bridgehead atoms. The van der Waals surface area contributed by atoms with Crippen molar-refractivity contribution >= 4 is 34.8 Å². The molecule has 4 rings (SSSR count). The molecule has 4 aromatic rings. The molecule has 30 heavy (non-hydrogen) atoms. The molecule has 0 saturated carbocycles. The quantitative estimate of drug-likeness (QED) is 0.419. The molecular formula is C21H15Cl2N3O4. The Labute approximate surface area is 181 Å². The number of furan rings is 1. The van der Waals surface area contributed by atoms with Crippen molar-refractivity contribution < 1.29 is 18.5 Å². The van der Waals surface area contributed by atoms with Crippen LogP contribution in [0.3, 0.4) is 0 Å². The van der Waals surface area contributed by atoms with E-state index in [0.717, 1.165) is 5.56 Å².